The van der Waals surface area contributed by atoms with E-state index in [2.05, 4.69) is 0 Å². The van der Waals surface area contributed by atoms with E-state index in [-0.39, 0.29) is 0 Å². The minimum atomic E-state index is 0.581. The Kier molecular flexibility index (Phi) is 5.58. The fraction of sp³-hybridized carbons (Fsp3) is 0.444. The van der Waals surface area contributed by atoms with Gasteiger partial charge in [0.25, 0.3) is 0 Å². The van der Waals surface area contributed by atoms with Crippen molar-refractivity contribution in [2.24, 2.45) is 5.73 Å². The van der Waals surface area contributed by atoms with E-state index in [1.807, 2.05) is 26.0 Å². The largest absolute Gasteiger partial charge is 0.326 e. The third-order valence-corrected chi connectivity index (χ3v) is 2.46. The van der Waals surface area contributed by atoms with Crippen LogP contribution in [0.5, 0.6) is 0 Å². The molecule has 0 aliphatic heterocycles. The maximum atomic E-state index is 7.29. The van der Waals surface area contributed by atoms with Gasteiger partial charge in [0.15, 0.2) is 0 Å². The first-order valence-electron chi connectivity index (χ1n) is 4.08. The first-order chi connectivity index (χ1) is 5.74. The van der Waals surface area contributed by atoms with Crippen molar-refractivity contribution in [3.63, 3.8) is 0 Å². The zero-order chi connectivity index (χ0) is 9.56. The second-order valence-corrected chi connectivity index (χ2v) is 3.26. The van der Waals surface area contributed by atoms with Gasteiger partial charge >= 0.3 is 0 Å². The molecule has 1 aromatic heterocycles. The molecule has 0 aromatic carbocycles. The summed E-state index contributed by atoms with van der Waals surface area (Å²) < 4.78 is 0. The van der Waals surface area contributed by atoms with Gasteiger partial charge in [0.2, 0.25) is 0 Å². The molecule has 68 valence electrons. The van der Waals surface area contributed by atoms with Crippen LogP contribution in [0.15, 0.2) is 12.1 Å². The highest BCUT2D eigenvalue weighted by molar-refractivity contribution is 7.14. The number of thiophene rings is 1. The van der Waals surface area contributed by atoms with Crippen molar-refractivity contribution < 1.29 is 0 Å². The lowest BCUT2D eigenvalue weighted by molar-refractivity contribution is 1.11. The molecule has 12 heavy (non-hydrogen) atoms. The lowest BCUT2D eigenvalue weighted by Gasteiger charge is -1.87. The van der Waals surface area contributed by atoms with Crippen LogP contribution < -0.4 is 5.73 Å². The highest BCUT2D eigenvalue weighted by Gasteiger charge is 1.98. The van der Waals surface area contributed by atoms with Crippen LogP contribution in [0.3, 0.4) is 0 Å². The molecule has 1 aromatic rings. The Morgan fingerprint density at radius 3 is 2.33 bits per heavy atom. The number of nitrogens with one attached hydrogen (secondary N) is 1. The zero-order valence-corrected chi connectivity index (χ0v) is 8.66. The van der Waals surface area contributed by atoms with Crippen molar-refractivity contribution in [3.05, 3.63) is 21.9 Å². The molecule has 0 aliphatic carbocycles. The molecule has 1 heterocycles. The van der Waals surface area contributed by atoms with Gasteiger partial charge in [-0.05, 0) is 19.1 Å². The Morgan fingerprint density at radius 1 is 1.50 bits per heavy atom. The van der Waals surface area contributed by atoms with E-state index in [0.29, 0.717) is 12.3 Å². The van der Waals surface area contributed by atoms with Gasteiger partial charge in [-0.2, -0.15) is 0 Å². The number of hydrogen-bond acceptors (Lipinski definition) is 3. The maximum Gasteiger partial charge on any atom is 0.0478 e. The van der Waals surface area contributed by atoms with Crippen LogP contribution in [0.2, 0.25) is 0 Å². The summed E-state index contributed by atoms with van der Waals surface area (Å²) in [5.41, 5.74) is 6.02. The monoisotopic (exact) mass is 184 g/mol. The molecule has 3 heteroatoms. The van der Waals surface area contributed by atoms with Crippen LogP contribution in [0.25, 0.3) is 0 Å². The van der Waals surface area contributed by atoms with E-state index in [1.54, 1.807) is 18.3 Å². The van der Waals surface area contributed by atoms with Gasteiger partial charge in [0, 0.05) is 22.0 Å². The quantitative estimate of drug-likeness (QED) is 0.682. The molecule has 0 radical (unpaired) electrons. The van der Waals surface area contributed by atoms with E-state index in [9.17, 15) is 0 Å². The summed E-state index contributed by atoms with van der Waals surface area (Å²) in [7, 11) is 0. The molecule has 0 spiro atoms. The van der Waals surface area contributed by atoms with Crippen LogP contribution in [-0.2, 0) is 6.54 Å². The van der Waals surface area contributed by atoms with Crippen molar-refractivity contribution in [1.29, 1.82) is 5.41 Å². The standard InChI is InChI=1S/C7H10N2S.C2H6/c1-5(9)7-3-2-6(4-8)10-7;1-2/h2-3,9H,4,8H2,1H3;1-2H3. The predicted molar refractivity (Wildman–Crippen MR) is 56.1 cm³/mol. The third kappa shape index (κ3) is 3.15. The van der Waals surface area contributed by atoms with Gasteiger partial charge in [-0.1, -0.05) is 13.8 Å². The van der Waals surface area contributed by atoms with Crippen LogP contribution >= 0.6 is 11.3 Å². The van der Waals surface area contributed by atoms with Crippen LogP contribution in [0.4, 0.5) is 0 Å². The predicted octanol–water partition coefficient (Wildman–Crippen LogP) is 2.62. The highest BCUT2D eigenvalue weighted by Crippen LogP contribution is 2.15. The Morgan fingerprint density at radius 2 is 2.08 bits per heavy atom. The Hall–Kier alpha value is -0.670. The number of hydrogen-bond donors (Lipinski definition) is 2. The van der Waals surface area contributed by atoms with Crippen molar-refractivity contribution in [3.8, 4) is 0 Å². The number of rotatable bonds is 2. The van der Waals surface area contributed by atoms with Gasteiger partial charge in [-0.25, -0.2) is 0 Å². The summed E-state index contributed by atoms with van der Waals surface area (Å²) in [6.45, 7) is 6.37. The average molecular weight is 184 g/mol. The fourth-order valence-electron chi connectivity index (χ4n) is 0.689. The third-order valence-electron chi connectivity index (χ3n) is 1.23. The molecule has 0 saturated carbocycles. The van der Waals surface area contributed by atoms with E-state index >= 15 is 0 Å². The summed E-state index contributed by atoms with van der Waals surface area (Å²) in [5, 5.41) is 7.29. The summed E-state index contributed by atoms with van der Waals surface area (Å²) in [6, 6.07) is 3.91. The SMILES string of the molecule is CC.CC(=N)c1ccc(CN)s1. The van der Waals surface area contributed by atoms with E-state index in [4.69, 9.17) is 11.1 Å². The maximum absolute atomic E-state index is 7.29. The second-order valence-electron chi connectivity index (χ2n) is 2.10. The fourth-order valence-corrected chi connectivity index (χ4v) is 1.48. The van der Waals surface area contributed by atoms with Gasteiger partial charge in [-0.3, -0.25) is 0 Å². The number of nitrogens with two attached hydrogens (primary N) is 1. The summed E-state index contributed by atoms with van der Waals surface area (Å²) in [4.78, 5) is 2.15. The average Bonchev–Trinajstić information content (AvgIpc) is 2.55. The lowest BCUT2D eigenvalue weighted by atomic mass is 10.3. The molecule has 0 saturated heterocycles. The van der Waals surface area contributed by atoms with Crippen molar-refractivity contribution in [2.75, 3.05) is 0 Å². The van der Waals surface area contributed by atoms with Crippen LogP contribution in [0.1, 0.15) is 30.5 Å². The van der Waals surface area contributed by atoms with Gasteiger partial charge in [0.05, 0.1) is 0 Å². The molecular formula is C9H16N2S. The topological polar surface area (TPSA) is 49.9 Å². The first kappa shape index (κ1) is 11.3. The Bertz CT molecular complexity index is 240. The molecule has 3 N–H and O–H groups in total. The van der Waals surface area contributed by atoms with Gasteiger partial charge in [-0.15, -0.1) is 11.3 Å². The summed E-state index contributed by atoms with van der Waals surface area (Å²) >= 11 is 1.59. The molecule has 0 amide bonds. The summed E-state index contributed by atoms with van der Waals surface area (Å²) in [5.74, 6) is 0. The van der Waals surface area contributed by atoms with Crippen LogP contribution in [-0.4, -0.2) is 5.71 Å². The zero-order valence-electron chi connectivity index (χ0n) is 7.85. The molecule has 0 aliphatic rings. The van der Waals surface area contributed by atoms with E-state index in [1.165, 1.54) is 0 Å². The first-order valence-corrected chi connectivity index (χ1v) is 4.90. The molecule has 2 nitrogen and oxygen atoms in total. The molecule has 1 rings (SSSR count). The van der Waals surface area contributed by atoms with E-state index in [0.717, 1.165) is 9.75 Å². The van der Waals surface area contributed by atoms with E-state index < -0.39 is 0 Å². The molecule has 0 unspecified atom stereocenters. The van der Waals surface area contributed by atoms with Crippen molar-refractivity contribution >= 4 is 17.0 Å². The lowest BCUT2D eigenvalue weighted by Crippen LogP contribution is -1.91. The van der Waals surface area contributed by atoms with Gasteiger partial charge < -0.3 is 11.1 Å². The minimum Gasteiger partial charge on any atom is -0.326 e. The Balaban J connectivity index is 0.000000561. The normalized spacial score (nSPS) is 8.67. The smallest absolute Gasteiger partial charge is 0.0478 e. The summed E-state index contributed by atoms with van der Waals surface area (Å²) in [6.07, 6.45) is 0. The molecular weight excluding hydrogens is 168 g/mol. The minimum absolute atomic E-state index is 0.581. The second kappa shape index (κ2) is 5.91. The van der Waals surface area contributed by atoms with Crippen molar-refractivity contribution in [1.82, 2.24) is 0 Å². The molecule has 0 bridgehead atoms. The van der Waals surface area contributed by atoms with Crippen LogP contribution in [0, 0.1) is 5.41 Å². The Labute approximate surface area is 77.9 Å². The molecule has 0 atom stereocenters. The van der Waals surface area contributed by atoms with Gasteiger partial charge in [0.1, 0.15) is 0 Å². The highest BCUT2D eigenvalue weighted by atomic mass is 32.1. The molecule has 0 fully saturated rings. The van der Waals surface area contributed by atoms with Crippen molar-refractivity contribution in [2.45, 2.75) is 27.3 Å².